The Morgan fingerprint density at radius 1 is 1.17 bits per heavy atom. The summed E-state index contributed by atoms with van der Waals surface area (Å²) in [5, 5.41) is 11.7. The molecule has 0 atom stereocenters. The molecule has 0 fully saturated rings. The van der Waals surface area contributed by atoms with Crippen molar-refractivity contribution in [2.75, 3.05) is 5.32 Å². The van der Waals surface area contributed by atoms with Gasteiger partial charge >= 0.3 is 0 Å². The van der Waals surface area contributed by atoms with Gasteiger partial charge in [-0.25, -0.2) is 4.68 Å². The molecule has 4 rings (SSSR count). The van der Waals surface area contributed by atoms with Crippen molar-refractivity contribution in [3.05, 3.63) is 76.9 Å². The molecule has 29 heavy (non-hydrogen) atoms. The molecule has 0 spiro atoms. The van der Waals surface area contributed by atoms with Crippen LogP contribution in [-0.4, -0.2) is 25.8 Å². The van der Waals surface area contributed by atoms with Gasteiger partial charge in [-0.05, 0) is 43.3 Å². The normalized spacial score (nSPS) is 10.9. The topological polar surface area (TPSA) is 85.8 Å². The summed E-state index contributed by atoms with van der Waals surface area (Å²) >= 11 is 6.12. The molecule has 1 N–H and O–H groups in total. The Bertz CT molecular complexity index is 1160. The Morgan fingerprint density at radius 2 is 1.93 bits per heavy atom. The number of carbonyl (C=O) groups excluding carboxylic acids is 1. The van der Waals surface area contributed by atoms with Crippen LogP contribution in [0.2, 0.25) is 5.02 Å². The van der Waals surface area contributed by atoms with E-state index in [-0.39, 0.29) is 5.91 Å². The molecule has 0 unspecified atom stereocenters. The van der Waals surface area contributed by atoms with Gasteiger partial charge in [-0.15, -0.1) is 0 Å². The molecule has 8 heteroatoms. The molecular formula is C21H18ClN5O2. The molecule has 0 aliphatic heterocycles. The van der Waals surface area contributed by atoms with Crippen molar-refractivity contribution < 1.29 is 9.32 Å². The number of aromatic nitrogens is 4. The van der Waals surface area contributed by atoms with Gasteiger partial charge in [0.1, 0.15) is 0 Å². The van der Waals surface area contributed by atoms with E-state index in [1.807, 2.05) is 43.3 Å². The highest BCUT2D eigenvalue weighted by Gasteiger charge is 2.16. The summed E-state index contributed by atoms with van der Waals surface area (Å²) in [6.45, 7) is 3.75. The second kappa shape index (κ2) is 7.89. The third-order valence-electron chi connectivity index (χ3n) is 4.43. The molecule has 2 aromatic carbocycles. The number of amides is 1. The predicted molar refractivity (Wildman–Crippen MR) is 110 cm³/mol. The van der Waals surface area contributed by atoms with Crippen LogP contribution in [0.1, 0.15) is 28.9 Å². The largest absolute Gasteiger partial charge is 0.339 e. The third-order valence-corrected chi connectivity index (χ3v) is 4.76. The lowest BCUT2D eigenvalue weighted by molar-refractivity contribution is 0.102. The van der Waals surface area contributed by atoms with Gasteiger partial charge in [-0.2, -0.15) is 10.1 Å². The van der Waals surface area contributed by atoms with Crippen LogP contribution in [0.3, 0.4) is 0 Å². The molecule has 0 bridgehead atoms. The highest BCUT2D eigenvalue weighted by molar-refractivity contribution is 6.33. The number of rotatable bonds is 5. The average molecular weight is 408 g/mol. The molecule has 0 saturated carbocycles. The number of benzene rings is 2. The molecule has 1 amide bonds. The molecule has 146 valence electrons. The number of aryl methyl sites for hydroxylation is 2. The molecule has 2 aromatic heterocycles. The molecule has 0 saturated heterocycles. The average Bonchev–Trinajstić information content (AvgIpc) is 3.36. The fraction of sp³-hybridized carbons (Fsp3) is 0.143. The summed E-state index contributed by atoms with van der Waals surface area (Å²) in [4.78, 5) is 17.0. The van der Waals surface area contributed by atoms with Gasteiger partial charge in [0.25, 0.3) is 5.91 Å². The van der Waals surface area contributed by atoms with Crippen LogP contribution in [0.4, 0.5) is 5.69 Å². The lowest BCUT2D eigenvalue weighted by Crippen LogP contribution is -2.12. The number of nitrogens with zero attached hydrogens (tertiary/aromatic N) is 4. The van der Waals surface area contributed by atoms with Crippen molar-refractivity contribution in [3.8, 4) is 17.1 Å². The second-order valence-electron chi connectivity index (χ2n) is 6.42. The Morgan fingerprint density at radius 3 is 2.62 bits per heavy atom. The molecule has 7 nitrogen and oxygen atoms in total. The number of halogens is 1. The van der Waals surface area contributed by atoms with Crippen molar-refractivity contribution in [3.63, 3.8) is 0 Å². The predicted octanol–water partition coefficient (Wildman–Crippen LogP) is 4.70. The quantitative estimate of drug-likeness (QED) is 0.518. The lowest BCUT2D eigenvalue weighted by Gasteiger charge is -2.05. The van der Waals surface area contributed by atoms with E-state index in [2.05, 4.69) is 20.6 Å². The summed E-state index contributed by atoms with van der Waals surface area (Å²) in [5.74, 6) is 0.878. The fourth-order valence-corrected chi connectivity index (χ4v) is 3.03. The minimum Gasteiger partial charge on any atom is -0.339 e. The highest BCUT2D eigenvalue weighted by Crippen LogP contribution is 2.23. The second-order valence-corrected chi connectivity index (χ2v) is 6.83. The summed E-state index contributed by atoms with van der Waals surface area (Å²) in [5.41, 5.74) is 3.30. The summed E-state index contributed by atoms with van der Waals surface area (Å²) in [7, 11) is 0. The SMILES string of the molecule is CCc1nc(-c2ccc(-n3cc(C(=O)Nc4ccccc4Cl)c(C)n3)cc2)no1. The van der Waals surface area contributed by atoms with Crippen LogP contribution in [0.5, 0.6) is 0 Å². The van der Waals surface area contributed by atoms with Gasteiger partial charge in [-0.1, -0.05) is 35.8 Å². The maximum Gasteiger partial charge on any atom is 0.259 e. The molecular weight excluding hydrogens is 390 g/mol. The summed E-state index contributed by atoms with van der Waals surface area (Å²) < 4.78 is 6.81. The van der Waals surface area contributed by atoms with E-state index in [1.165, 1.54) is 0 Å². The van der Waals surface area contributed by atoms with Gasteiger partial charge < -0.3 is 9.84 Å². The number of hydrogen-bond donors (Lipinski definition) is 1. The van der Waals surface area contributed by atoms with Gasteiger partial charge in [0, 0.05) is 18.2 Å². The Hall–Kier alpha value is -3.45. The first-order chi connectivity index (χ1) is 14.0. The number of nitrogens with one attached hydrogen (secondary N) is 1. The standard InChI is InChI=1S/C21H18ClN5O2/c1-3-19-24-20(26-29-19)14-8-10-15(11-9-14)27-12-16(13(2)25-27)21(28)23-18-7-5-4-6-17(18)22/h4-12H,3H2,1-2H3,(H,23,28). The third kappa shape index (κ3) is 3.90. The molecule has 4 aromatic rings. The van der Waals surface area contributed by atoms with E-state index in [1.54, 1.807) is 29.9 Å². The number of para-hydroxylation sites is 1. The highest BCUT2D eigenvalue weighted by atomic mass is 35.5. The van der Waals surface area contributed by atoms with Crippen LogP contribution in [0.15, 0.2) is 59.3 Å². The zero-order valence-corrected chi connectivity index (χ0v) is 16.6. The van der Waals surface area contributed by atoms with E-state index >= 15 is 0 Å². The lowest BCUT2D eigenvalue weighted by atomic mass is 10.2. The zero-order valence-electron chi connectivity index (χ0n) is 15.9. The van der Waals surface area contributed by atoms with Crippen LogP contribution in [-0.2, 0) is 6.42 Å². The Kier molecular flexibility index (Phi) is 5.14. The van der Waals surface area contributed by atoms with E-state index in [9.17, 15) is 4.79 Å². The van der Waals surface area contributed by atoms with Gasteiger partial charge in [0.05, 0.1) is 27.7 Å². The van der Waals surface area contributed by atoms with Crippen LogP contribution < -0.4 is 5.32 Å². The van der Waals surface area contributed by atoms with Crippen LogP contribution in [0, 0.1) is 6.92 Å². The van der Waals surface area contributed by atoms with Crippen molar-refractivity contribution in [1.82, 2.24) is 19.9 Å². The summed E-state index contributed by atoms with van der Waals surface area (Å²) in [6.07, 6.45) is 2.39. The smallest absolute Gasteiger partial charge is 0.259 e. The summed E-state index contributed by atoms with van der Waals surface area (Å²) in [6, 6.07) is 14.6. The minimum atomic E-state index is -0.266. The van der Waals surface area contributed by atoms with Crippen LogP contribution >= 0.6 is 11.6 Å². The monoisotopic (exact) mass is 407 g/mol. The molecule has 0 aliphatic rings. The molecule has 2 heterocycles. The Labute approximate surface area is 172 Å². The van der Waals surface area contributed by atoms with Crippen molar-refractivity contribution in [2.24, 2.45) is 0 Å². The van der Waals surface area contributed by atoms with E-state index in [0.29, 0.717) is 40.1 Å². The number of hydrogen-bond acceptors (Lipinski definition) is 5. The first-order valence-corrected chi connectivity index (χ1v) is 9.48. The van der Waals surface area contributed by atoms with Crippen molar-refractivity contribution >= 4 is 23.2 Å². The Balaban J connectivity index is 1.55. The van der Waals surface area contributed by atoms with Crippen molar-refractivity contribution in [1.29, 1.82) is 0 Å². The molecule has 0 radical (unpaired) electrons. The maximum absolute atomic E-state index is 12.7. The van der Waals surface area contributed by atoms with Crippen molar-refractivity contribution in [2.45, 2.75) is 20.3 Å². The van der Waals surface area contributed by atoms with E-state index in [4.69, 9.17) is 16.1 Å². The van der Waals surface area contributed by atoms with Gasteiger partial charge in [0.2, 0.25) is 11.7 Å². The zero-order chi connectivity index (χ0) is 20.4. The van der Waals surface area contributed by atoms with E-state index in [0.717, 1.165) is 11.3 Å². The molecule has 0 aliphatic carbocycles. The first-order valence-electron chi connectivity index (χ1n) is 9.10. The maximum atomic E-state index is 12.7. The van der Waals surface area contributed by atoms with Gasteiger partial charge in [-0.3, -0.25) is 4.79 Å². The number of carbonyl (C=O) groups is 1. The minimum absolute atomic E-state index is 0.266. The number of anilines is 1. The van der Waals surface area contributed by atoms with Gasteiger partial charge in [0.15, 0.2) is 0 Å². The van der Waals surface area contributed by atoms with Crippen LogP contribution in [0.25, 0.3) is 17.1 Å². The first kappa shape index (κ1) is 18.9. The fourth-order valence-electron chi connectivity index (χ4n) is 2.85. The van der Waals surface area contributed by atoms with E-state index < -0.39 is 0 Å².